The first-order valence-corrected chi connectivity index (χ1v) is 10.2. The SMILES string of the molecule is CN1CCN(S(=O)(=O)c2ccc(CNC(=O)Oc3ccccc3)cc2)CC1. The largest absolute Gasteiger partial charge is 0.412 e. The molecular formula is C19H23N3O4S. The van der Waals surface area contributed by atoms with Crippen LogP contribution in [0.5, 0.6) is 5.75 Å². The fourth-order valence-electron chi connectivity index (χ4n) is 2.76. The standard InChI is InChI=1S/C19H23N3O4S/c1-21-11-13-22(14-12-21)27(24,25)18-9-7-16(8-10-18)15-20-19(23)26-17-5-3-2-4-6-17/h2-10H,11-15H2,1H3,(H,20,23). The maximum atomic E-state index is 12.7. The summed E-state index contributed by atoms with van der Waals surface area (Å²) in [6, 6.07) is 15.3. The highest BCUT2D eigenvalue weighted by atomic mass is 32.2. The number of para-hydroxylation sites is 1. The van der Waals surface area contributed by atoms with Crippen LogP contribution in [0, 0.1) is 0 Å². The average Bonchev–Trinajstić information content (AvgIpc) is 2.68. The Hall–Kier alpha value is -2.42. The van der Waals surface area contributed by atoms with Gasteiger partial charge < -0.3 is 15.0 Å². The van der Waals surface area contributed by atoms with Crippen molar-refractivity contribution in [1.82, 2.24) is 14.5 Å². The zero-order valence-electron chi connectivity index (χ0n) is 15.2. The Morgan fingerprint density at radius 2 is 1.63 bits per heavy atom. The Labute approximate surface area is 159 Å². The molecule has 0 bridgehead atoms. The summed E-state index contributed by atoms with van der Waals surface area (Å²) >= 11 is 0. The van der Waals surface area contributed by atoms with Crippen molar-refractivity contribution in [2.24, 2.45) is 0 Å². The summed E-state index contributed by atoms with van der Waals surface area (Å²) in [5.41, 5.74) is 0.789. The van der Waals surface area contributed by atoms with Crippen molar-refractivity contribution in [2.45, 2.75) is 11.4 Å². The molecule has 2 aromatic carbocycles. The van der Waals surface area contributed by atoms with Crippen molar-refractivity contribution in [3.63, 3.8) is 0 Å². The molecule has 0 atom stereocenters. The van der Waals surface area contributed by atoms with Gasteiger partial charge in [0.1, 0.15) is 5.75 Å². The molecule has 1 N–H and O–H groups in total. The van der Waals surface area contributed by atoms with Crippen molar-refractivity contribution < 1.29 is 17.9 Å². The van der Waals surface area contributed by atoms with E-state index in [1.54, 1.807) is 48.5 Å². The first-order valence-electron chi connectivity index (χ1n) is 8.73. The highest BCUT2D eigenvalue weighted by Gasteiger charge is 2.27. The maximum Gasteiger partial charge on any atom is 0.412 e. The molecule has 27 heavy (non-hydrogen) atoms. The first-order chi connectivity index (χ1) is 12.9. The number of amides is 1. The monoisotopic (exact) mass is 389 g/mol. The van der Waals surface area contributed by atoms with Crippen molar-refractivity contribution in [2.75, 3.05) is 33.2 Å². The van der Waals surface area contributed by atoms with Crippen LogP contribution in [0.15, 0.2) is 59.5 Å². The number of ether oxygens (including phenoxy) is 1. The Balaban J connectivity index is 1.56. The number of piperazine rings is 1. The average molecular weight is 389 g/mol. The van der Waals surface area contributed by atoms with E-state index in [-0.39, 0.29) is 11.4 Å². The van der Waals surface area contributed by atoms with E-state index in [9.17, 15) is 13.2 Å². The van der Waals surface area contributed by atoms with E-state index in [1.807, 2.05) is 13.1 Å². The molecular weight excluding hydrogens is 366 g/mol. The highest BCUT2D eigenvalue weighted by molar-refractivity contribution is 7.89. The molecule has 0 aromatic heterocycles. The Morgan fingerprint density at radius 3 is 2.26 bits per heavy atom. The van der Waals surface area contributed by atoms with E-state index < -0.39 is 16.1 Å². The molecule has 1 saturated heterocycles. The molecule has 0 aliphatic carbocycles. The smallest absolute Gasteiger partial charge is 0.410 e. The number of rotatable bonds is 5. The lowest BCUT2D eigenvalue weighted by Gasteiger charge is -2.31. The molecule has 2 aromatic rings. The summed E-state index contributed by atoms with van der Waals surface area (Å²) in [5, 5.41) is 2.65. The van der Waals surface area contributed by atoms with Crippen LogP contribution in [0.2, 0.25) is 0 Å². The van der Waals surface area contributed by atoms with Crippen molar-refractivity contribution >= 4 is 16.1 Å². The number of likely N-dealkylation sites (N-methyl/N-ethyl adjacent to an activating group) is 1. The predicted molar refractivity (Wildman–Crippen MR) is 102 cm³/mol. The number of carbonyl (C=O) groups excluding carboxylic acids is 1. The number of carbonyl (C=O) groups is 1. The minimum atomic E-state index is -3.48. The van der Waals surface area contributed by atoms with Gasteiger partial charge in [0.15, 0.2) is 0 Å². The van der Waals surface area contributed by atoms with Crippen LogP contribution in [0.25, 0.3) is 0 Å². The fourth-order valence-corrected chi connectivity index (χ4v) is 4.18. The van der Waals surface area contributed by atoms with Crippen LogP contribution >= 0.6 is 0 Å². The van der Waals surface area contributed by atoms with Gasteiger partial charge >= 0.3 is 6.09 Å². The first kappa shape index (κ1) is 19.3. The number of hydrogen-bond acceptors (Lipinski definition) is 5. The van der Waals surface area contributed by atoms with E-state index in [4.69, 9.17) is 4.74 Å². The lowest BCUT2D eigenvalue weighted by atomic mass is 10.2. The van der Waals surface area contributed by atoms with Gasteiger partial charge in [0.2, 0.25) is 10.0 Å². The second-order valence-electron chi connectivity index (χ2n) is 6.41. The van der Waals surface area contributed by atoms with E-state index in [1.165, 1.54) is 4.31 Å². The van der Waals surface area contributed by atoms with Gasteiger partial charge in [-0.3, -0.25) is 0 Å². The topological polar surface area (TPSA) is 79.0 Å². The Morgan fingerprint density at radius 1 is 1.00 bits per heavy atom. The van der Waals surface area contributed by atoms with Crippen LogP contribution in [0.3, 0.4) is 0 Å². The van der Waals surface area contributed by atoms with Crippen LogP contribution in [0.1, 0.15) is 5.56 Å². The molecule has 0 spiro atoms. The number of hydrogen-bond donors (Lipinski definition) is 1. The summed E-state index contributed by atoms with van der Waals surface area (Å²) in [6.07, 6.45) is -0.560. The second kappa shape index (κ2) is 8.51. The summed E-state index contributed by atoms with van der Waals surface area (Å²) in [4.78, 5) is 14.2. The van der Waals surface area contributed by atoms with Gasteiger partial charge in [0.25, 0.3) is 0 Å². The minimum absolute atomic E-state index is 0.250. The molecule has 0 saturated carbocycles. The van der Waals surface area contributed by atoms with Gasteiger partial charge in [-0.1, -0.05) is 30.3 Å². The minimum Gasteiger partial charge on any atom is -0.410 e. The maximum absolute atomic E-state index is 12.7. The lowest BCUT2D eigenvalue weighted by Crippen LogP contribution is -2.47. The zero-order valence-corrected chi connectivity index (χ0v) is 16.0. The molecule has 8 heteroatoms. The normalized spacial score (nSPS) is 16.0. The van der Waals surface area contributed by atoms with Crippen molar-refractivity contribution in [3.05, 3.63) is 60.2 Å². The summed E-state index contributed by atoms with van der Waals surface area (Å²) < 4.78 is 32.0. The van der Waals surface area contributed by atoms with Gasteiger partial charge in [0.05, 0.1) is 4.90 Å². The van der Waals surface area contributed by atoms with E-state index in [2.05, 4.69) is 10.2 Å². The van der Waals surface area contributed by atoms with Gasteiger partial charge in [0, 0.05) is 32.7 Å². The molecule has 1 heterocycles. The molecule has 0 radical (unpaired) electrons. The number of nitrogens with zero attached hydrogens (tertiary/aromatic N) is 2. The van der Waals surface area contributed by atoms with E-state index in [0.717, 1.165) is 18.7 Å². The van der Waals surface area contributed by atoms with Crippen LogP contribution in [-0.2, 0) is 16.6 Å². The molecule has 0 unspecified atom stereocenters. The highest BCUT2D eigenvalue weighted by Crippen LogP contribution is 2.18. The molecule has 1 aliphatic rings. The third-order valence-corrected chi connectivity index (χ3v) is 6.33. The molecule has 144 valence electrons. The summed E-state index contributed by atoms with van der Waals surface area (Å²) in [5.74, 6) is 0.462. The van der Waals surface area contributed by atoms with Gasteiger partial charge in [-0.05, 0) is 36.9 Å². The van der Waals surface area contributed by atoms with E-state index in [0.29, 0.717) is 18.8 Å². The molecule has 1 fully saturated rings. The van der Waals surface area contributed by atoms with Crippen LogP contribution < -0.4 is 10.1 Å². The van der Waals surface area contributed by atoms with E-state index >= 15 is 0 Å². The van der Waals surface area contributed by atoms with Crippen LogP contribution in [0.4, 0.5) is 4.79 Å². The van der Waals surface area contributed by atoms with Gasteiger partial charge in [-0.2, -0.15) is 4.31 Å². The molecule has 1 aliphatic heterocycles. The quantitative estimate of drug-likeness (QED) is 0.845. The predicted octanol–water partition coefficient (Wildman–Crippen LogP) is 1.91. The number of nitrogens with one attached hydrogen (secondary N) is 1. The molecule has 7 nitrogen and oxygen atoms in total. The zero-order chi connectivity index (χ0) is 19.3. The molecule has 1 amide bonds. The van der Waals surface area contributed by atoms with Gasteiger partial charge in [-0.15, -0.1) is 0 Å². The van der Waals surface area contributed by atoms with Crippen molar-refractivity contribution in [1.29, 1.82) is 0 Å². The summed E-state index contributed by atoms with van der Waals surface area (Å²) in [6.45, 7) is 2.69. The summed E-state index contributed by atoms with van der Waals surface area (Å²) in [7, 11) is -1.50. The van der Waals surface area contributed by atoms with Gasteiger partial charge in [-0.25, -0.2) is 13.2 Å². The second-order valence-corrected chi connectivity index (χ2v) is 8.35. The lowest BCUT2D eigenvalue weighted by molar-refractivity contribution is 0.200. The third kappa shape index (κ3) is 5.06. The Kier molecular flexibility index (Phi) is 6.10. The molecule has 3 rings (SSSR count). The Bertz CT molecular complexity index is 862. The fraction of sp³-hybridized carbons (Fsp3) is 0.316. The van der Waals surface area contributed by atoms with Crippen LogP contribution in [-0.4, -0.2) is 56.9 Å². The number of benzene rings is 2. The number of sulfonamides is 1. The van der Waals surface area contributed by atoms with Crippen molar-refractivity contribution in [3.8, 4) is 5.75 Å². The third-order valence-electron chi connectivity index (χ3n) is 4.41.